The van der Waals surface area contributed by atoms with E-state index in [1.54, 1.807) is 12.3 Å². The molecule has 1 aliphatic rings. The van der Waals surface area contributed by atoms with Crippen molar-refractivity contribution in [1.29, 1.82) is 0 Å². The summed E-state index contributed by atoms with van der Waals surface area (Å²) < 4.78 is 10.2. The summed E-state index contributed by atoms with van der Waals surface area (Å²) in [4.78, 5) is 24.2. The van der Waals surface area contributed by atoms with E-state index < -0.39 is 0 Å². The second kappa shape index (κ2) is 7.08. The van der Waals surface area contributed by atoms with Crippen molar-refractivity contribution in [2.24, 2.45) is 0 Å². The fourth-order valence-electron chi connectivity index (χ4n) is 1.31. The molecule has 1 unspecified atom stereocenters. The molecule has 0 N–H and O–H groups in total. The topological polar surface area (TPSA) is 59.1 Å². The average molecular weight is 253 g/mol. The van der Waals surface area contributed by atoms with Crippen LogP contribution >= 0.6 is 0 Å². The molecule has 1 rings (SSSR count). The van der Waals surface area contributed by atoms with Gasteiger partial charge in [-0.25, -0.2) is 0 Å². The zero-order chi connectivity index (χ0) is 13.5. The van der Waals surface area contributed by atoms with Crippen LogP contribution in [0.4, 0.5) is 0 Å². The minimum absolute atomic E-state index is 0.0238. The lowest BCUT2D eigenvalue weighted by Gasteiger charge is -2.12. The molecule has 1 atom stereocenters. The summed E-state index contributed by atoms with van der Waals surface area (Å²) >= 11 is 0. The van der Waals surface area contributed by atoms with Gasteiger partial charge in [0.05, 0.1) is 12.2 Å². The number of carbonyl (C=O) groups excluding carboxylic acids is 2. The van der Waals surface area contributed by atoms with Crippen molar-refractivity contribution in [1.82, 2.24) is 4.90 Å². The van der Waals surface area contributed by atoms with Crippen LogP contribution in [0, 0.1) is 0 Å². The molecule has 0 aliphatic carbocycles. The number of hydrogen-bond donors (Lipinski definition) is 0. The Hall–Kier alpha value is -1.46. The minimum atomic E-state index is -0.219. The van der Waals surface area contributed by atoms with Gasteiger partial charge >= 0.3 is 0 Å². The van der Waals surface area contributed by atoms with Gasteiger partial charge in [0.1, 0.15) is 6.61 Å². The number of ketones is 2. The van der Waals surface area contributed by atoms with Gasteiger partial charge in [-0.15, -0.1) is 0 Å². The van der Waals surface area contributed by atoms with Gasteiger partial charge in [-0.2, -0.15) is 0 Å². The van der Waals surface area contributed by atoms with Crippen LogP contribution in [0.2, 0.25) is 0 Å². The van der Waals surface area contributed by atoms with E-state index in [0.29, 0.717) is 13.2 Å². The number of rotatable bonds is 8. The molecule has 0 aromatic rings. The average Bonchev–Trinajstić information content (AvgIpc) is 3.07. The van der Waals surface area contributed by atoms with Crippen LogP contribution < -0.4 is 0 Å². The molecule has 5 nitrogen and oxygen atoms in total. The highest BCUT2D eigenvalue weighted by molar-refractivity contribution is 6.18. The molecule has 0 amide bonds. The maximum Gasteiger partial charge on any atom is 0.181 e. The second-order valence-electron chi connectivity index (χ2n) is 4.15. The summed E-state index contributed by atoms with van der Waals surface area (Å²) in [5, 5.41) is 0. The lowest BCUT2D eigenvalue weighted by atomic mass is 10.1. The number of nitrogens with zero attached hydrogens (tertiary/aromatic N) is 1. The van der Waals surface area contributed by atoms with Crippen LogP contribution in [-0.2, 0) is 19.1 Å². The molecule has 0 aromatic carbocycles. The van der Waals surface area contributed by atoms with E-state index in [1.807, 2.05) is 11.9 Å². The molecule has 1 saturated heterocycles. The monoisotopic (exact) mass is 253 g/mol. The summed E-state index contributed by atoms with van der Waals surface area (Å²) in [5.74, 6) is -0.437. The number of allylic oxidation sites excluding steroid dienone is 3. The summed E-state index contributed by atoms with van der Waals surface area (Å²) in [6, 6.07) is 0. The van der Waals surface area contributed by atoms with Crippen LogP contribution in [0.3, 0.4) is 0 Å². The van der Waals surface area contributed by atoms with E-state index in [0.717, 1.165) is 6.54 Å². The molecule has 100 valence electrons. The molecule has 0 spiro atoms. The van der Waals surface area contributed by atoms with Gasteiger partial charge in [0, 0.05) is 13.6 Å². The molecule has 0 saturated carbocycles. The Morgan fingerprint density at radius 2 is 2.00 bits per heavy atom. The third-order valence-corrected chi connectivity index (χ3v) is 2.41. The van der Waals surface area contributed by atoms with Gasteiger partial charge in [0.15, 0.2) is 17.9 Å². The highest BCUT2D eigenvalue weighted by Crippen LogP contribution is 2.09. The van der Waals surface area contributed by atoms with Crippen molar-refractivity contribution >= 4 is 11.6 Å². The summed E-state index contributed by atoms with van der Waals surface area (Å²) in [6.45, 7) is 4.76. The van der Waals surface area contributed by atoms with E-state index >= 15 is 0 Å². The first-order valence-corrected chi connectivity index (χ1v) is 5.84. The number of carbonyl (C=O) groups is 2. The first kappa shape index (κ1) is 14.6. The summed E-state index contributed by atoms with van der Waals surface area (Å²) in [7, 11) is 1.89. The zero-order valence-electron chi connectivity index (χ0n) is 11.0. The van der Waals surface area contributed by atoms with Crippen LogP contribution in [0.5, 0.6) is 0 Å². The van der Waals surface area contributed by atoms with Crippen molar-refractivity contribution in [2.75, 3.05) is 26.8 Å². The zero-order valence-corrected chi connectivity index (χ0v) is 11.0. The normalized spacial score (nSPS) is 17.6. The van der Waals surface area contributed by atoms with Crippen LogP contribution in [0.15, 0.2) is 23.9 Å². The third-order valence-electron chi connectivity index (χ3n) is 2.41. The highest BCUT2D eigenvalue weighted by Gasteiger charge is 2.22. The van der Waals surface area contributed by atoms with E-state index in [9.17, 15) is 9.59 Å². The Balaban J connectivity index is 2.33. The smallest absolute Gasteiger partial charge is 0.181 e. The summed E-state index contributed by atoms with van der Waals surface area (Å²) in [6.07, 6.45) is 4.99. The van der Waals surface area contributed by atoms with Crippen molar-refractivity contribution in [3.8, 4) is 0 Å². The van der Waals surface area contributed by atoms with Crippen LogP contribution in [0.1, 0.15) is 13.8 Å². The van der Waals surface area contributed by atoms with E-state index in [1.165, 1.54) is 19.9 Å². The van der Waals surface area contributed by atoms with Gasteiger partial charge < -0.3 is 14.4 Å². The van der Waals surface area contributed by atoms with E-state index in [4.69, 9.17) is 9.47 Å². The molecular weight excluding hydrogens is 234 g/mol. The molecule has 1 heterocycles. The lowest BCUT2D eigenvalue weighted by Crippen LogP contribution is -2.18. The molecule has 5 heteroatoms. The molecule has 18 heavy (non-hydrogen) atoms. The molecule has 0 aromatic heterocycles. The maximum atomic E-state index is 11.1. The number of ether oxygens (including phenoxy) is 2. The largest absolute Gasteiger partial charge is 0.378 e. The van der Waals surface area contributed by atoms with E-state index in [-0.39, 0.29) is 23.4 Å². The Morgan fingerprint density at radius 1 is 1.39 bits per heavy atom. The third kappa shape index (κ3) is 5.75. The number of likely N-dealkylation sites (N-methyl/N-ethyl adjacent to an activating group) is 1. The first-order valence-electron chi connectivity index (χ1n) is 5.84. The Morgan fingerprint density at radius 3 is 2.50 bits per heavy atom. The number of epoxide rings is 1. The Kier molecular flexibility index (Phi) is 5.74. The van der Waals surface area contributed by atoms with Crippen molar-refractivity contribution < 1.29 is 19.1 Å². The van der Waals surface area contributed by atoms with Gasteiger partial charge in [0.2, 0.25) is 0 Å². The maximum absolute atomic E-state index is 11.1. The Labute approximate surface area is 107 Å². The molecule has 1 fully saturated rings. The fourth-order valence-corrected chi connectivity index (χ4v) is 1.31. The van der Waals surface area contributed by atoms with E-state index in [2.05, 4.69) is 0 Å². The predicted octanol–water partition coefficient (Wildman–Crippen LogP) is 0.909. The van der Waals surface area contributed by atoms with Gasteiger partial charge in [-0.1, -0.05) is 0 Å². The van der Waals surface area contributed by atoms with Crippen molar-refractivity contribution in [3.05, 3.63) is 23.9 Å². The number of hydrogen-bond acceptors (Lipinski definition) is 5. The predicted molar refractivity (Wildman–Crippen MR) is 66.9 cm³/mol. The van der Waals surface area contributed by atoms with Crippen molar-refractivity contribution in [2.45, 2.75) is 20.1 Å². The van der Waals surface area contributed by atoms with Crippen molar-refractivity contribution in [3.63, 3.8) is 0 Å². The standard InChI is InChI=1S/C13H19NO4/c1-10(15)12(11(2)16)5-4-6-14(3)7-8-17-13-9-18-13/h4-6,13H,7-9H2,1-3H3/b6-4+. The first-order chi connectivity index (χ1) is 8.50. The molecule has 0 bridgehead atoms. The highest BCUT2D eigenvalue weighted by atomic mass is 16.8. The lowest BCUT2D eigenvalue weighted by molar-refractivity contribution is -0.119. The second-order valence-corrected chi connectivity index (χ2v) is 4.15. The molecule has 0 radical (unpaired) electrons. The van der Waals surface area contributed by atoms with Crippen LogP contribution in [-0.4, -0.2) is 49.6 Å². The summed E-state index contributed by atoms with van der Waals surface area (Å²) in [5.41, 5.74) is 0.210. The van der Waals surface area contributed by atoms with Gasteiger partial charge in [0.25, 0.3) is 0 Å². The minimum Gasteiger partial charge on any atom is -0.378 e. The molecule has 1 aliphatic heterocycles. The number of Topliss-reactive ketones (excluding diaryl/α,β-unsaturated/α-hetero) is 2. The molecular formula is C13H19NO4. The quantitative estimate of drug-likeness (QED) is 0.211. The van der Waals surface area contributed by atoms with Gasteiger partial charge in [-0.05, 0) is 32.2 Å². The van der Waals surface area contributed by atoms with Gasteiger partial charge in [-0.3, -0.25) is 9.59 Å². The van der Waals surface area contributed by atoms with Crippen LogP contribution in [0.25, 0.3) is 0 Å². The fraction of sp³-hybridized carbons (Fsp3) is 0.538. The Bertz CT molecular complexity index is 353. The SMILES string of the molecule is CC(=O)C(=C/C=C/N(C)CCOC1CO1)C(C)=O.